The Hall–Kier alpha value is -1.56. The number of rotatable bonds is 4. The predicted octanol–water partition coefficient (Wildman–Crippen LogP) is 2.00. The average Bonchev–Trinajstić information content (AvgIpc) is 2.77. The highest BCUT2D eigenvalue weighted by molar-refractivity contribution is 5.67. The topological polar surface area (TPSA) is 67.6 Å². The maximum Gasteiger partial charge on any atom is 0.409 e. The Bertz CT molecular complexity index is 431. The van der Waals surface area contributed by atoms with Crippen LogP contribution in [0.1, 0.15) is 36.8 Å². The third-order valence-electron chi connectivity index (χ3n) is 3.77. The summed E-state index contributed by atoms with van der Waals surface area (Å²) in [5.74, 6) is 0.874. The number of hydrogen-bond acceptors (Lipinski definition) is 5. The Kier molecular flexibility index (Phi) is 5.00. The predicted molar refractivity (Wildman–Crippen MR) is 74.4 cm³/mol. The minimum atomic E-state index is -0.198. The normalized spacial score (nSPS) is 16.4. The van der Waals surface area contributed by atoms with Crippen LogP contribution in [0.5, 0.6) is 0 Å². The number of piperidine rings is 1. The molecule has 1 aromatic rings. The molecule has 1 N–H and O–H groups in total. The zero-order valence-corrected chi connectivity index (χ0v) is 12.4. The molecule has 1 amide bonds. The van der Waals surface area contributed by atoms with Crippen LogP contribution in [0.2, 0.25) is 0 Å². The molecule has 1 saturated heterocycles. The quantitative estimate of drug-likeness (QED) is 0.914. The number of hydrogen-bond donors (Lipinski definition) is 1. The summed E-state index contributed by atoms with van der Waals surface area (Å²) in [5, 5.41) is 7.47. The first kappa shape index (κ1) is 14.8. The van der Waals surface area contributed by atoms with Crippen LogP contribution in [0.3, 0.4) is 0 Å². The standard InChI is InChI=1S/C14H23N3O3/c1-4-19-14(18)17-7-5-12(6-8-17)15-9-13-10(2)16-20-11(13)3/h12,15H,4-9H2,1-3H3. The second-order valence-corrected chi connectivity index (χ2v) is 5.14. The minimum Gasteiger partial charge on any atom is -0.450 e. The Morgan fingerprint density at radius 3 is 2.70 bits per heavy atom. The molecule has 0 spiro atoms. The van der Waals surface area contributed by atoms with Gasteiger partial charge in [-0.15, -0.1) is 0 Å². The van der Waals surface area contributed by atoms with Crippen molar-refractivity contribution in [2.75, 3.05) is 19.7 Å². The Morgan fingerprint density at radius 1 is 1.45 bits per heavy atom. The van der Waals surface area contributed by atoms with E-state index in [0.717, 1.165) is 49.5 Å². The van der Waals surface area contributed by atoms with E-state index in [1.807, 2.05) is 20.8 Å². The summed E-state index contributed by atoms with van der Waals surface area (Å²) in [5.41, 5.74) is 2.08. The highest BCUT2D eigenvalue weighted by Gasteiger charge is 2.23. The number of carbonyl (C=O) groups is 1. The van der Waals surface area contributed by atoms with Crippen LogP contribution in [-0.2, 0) is 11.3 Å². The summed E-state index contributed by atoms with van der Waals surface area (Å²) >= 11 is 0. The molecule has 0 aromatic carbocycles. The lowest BCUT2D eigenvalue weighted by molar-refractivity contribution is 0.0950. The van der Waals surface area contributed by atoms with Gasteiger partial charge in [-0.1, -0.05) is 5.16 Å². The number of aromatic nitrogens is 1. The Labute approximate surface area is 119 Å². The highest BCUT2D eigenvalue weighted by atomic mass is 16.6. The molecule has 2 rings (SSSR count). The highest BCUT2D eigenvalue weighted by Crippen LogP contribution is 2.15. The van der Waals surface area contributed by atoms with Gasteiger partial charge in [-0.3, -0.25) is 0 Å². The van der Waals surface area contributed by atoms with Crippen LogP contribution < -0.4 is 5.32 Å². The van der Waals surface area contributed by atoms with Crippen molar-refractivity contribution < 1.29 is 14.1 Å². The fourth-order valence-electron chi connectivity index (χ4n) is 2.48. The van der Waals surface area contributed by atoms with E-state index in [1.54, 1.807) is 4.90 Å². The number of ether oxygens (including phenoxy) is 1. The van der Waals surface area contributed by atoms with Gasteiger partial charge in [0.2, 0.25) is 0 Å². The van der Waals surface area contributed by atoms with Crippen LogP contribution in [0.25, 0.3) is 0 Å². The smallest absolute Gasteiger partial charge is 0.409 e. The summed E-state index contributed by atoms with van der Waals surface area (Å²) in [6, 6.07) is 0.425. The van der Waals surface area contributed by atoms with Gasteiger partial charge in [0.05, 0.1) is 12.3 Å². The van der Waals surface area contributed by atoms with Crippen molar-refractivity contribution in [1.82, 2.24) is 15.4 Å². The Balaban J connectivity index is 1.76. The molecule has 1 aliphatic rings. The lowest BCUT2D eigenvalue weighted by atomic mass is 10.0. The van der Waals surface area contributed by atoms with Crippen LogP contribution >= 0.6 is 0 Å². The molecule has 1 fully saturated rings. The maximum atomic E-state index is 11.6. The number of nitrogens with zero attached hydrogens (tertiary/aromatic N) is 2. The van der Waals surface area contributed by atoms with Gasteiger partial charge in [-0.05, 0) is 33.6 Å². The van der Waals surface area contributed by atoms with Gasteiger partial charge in [-0.25, -0.2) is 4.79 Å². The van der Waals surface area contributed by atoms with E-state index in [9.17, 15) is 4.79 Å². The van der Waals surface area contributed by atoms with Gasteiger partial charge in [0.25, 0.3) is 0 Å². The van der Waals surface area contributed by atoms with Crippen molar-refractivity contribution in [3.05, 3.63) is 17.0 Å². The van der Waals surface area contributed by atoms with E-state index in [-0.39, 0.29) is 6.09 Å². The largest absolute Gasteiger partial charge is 0.450 e. The average molecular weight is 281 g/mol. The third kappa shape index (κ3) is 3.50. The first-order valence-electron chi connectivity index (χ1n) is 7.18. The fourth-order valence-corrected chi connectivity index (χ4v) is 2.48. The van der Waals surface area contributed by atoms with Crippen LogP contribution in [0.4, 0.5) is 4.79 Å². The van der Waals surface area contributed by atoms with Crippen LogP contribution in [-0.4, -0.2) is 41.9 Å². The summed E-state index contributed by atoms with van der Waals surface area (Å²) in [6.07, 6.45) is 1.70. The number of aryl methyl sites for hydroxylation is 2. The second-order valence-electron chi connectivity index (χ2n) is 5.14. The van der Waals surface area contributed by atoms with E-state index in [4.69, 9.17) is 9.26 Å². The molecule has 1 aliphatic heterocycles. The fraction of sp³-hybridized carbons (Fsp3) is 0.714. The molecular weight excluding hydrogens is 258 g/mol. The second kappa shape index (κ2) is 6.74. The monoisotopic (exact) mass is 281 g/mol. The molecule has 0 saturated carbocycles. The Morgan fingerprint density at radius 2 is 2.15 bits per heavy atom. The van der Waals surface area contributed by atoms with E-state index < -0.39 is 0 Å². The van der Waals surface area contributed by atoms with E-state index >= 15 is 0 Å². The molecule has 0 bridgehead atoms. The molecule has 112 valence electrons. The SMILES string of the molecule is CCOC(=O)N1CCC(NCc2c(C)noc2C)CC1. The molecular formula is C14H23N3O3. The third-order valence-corrected chi connectivity index (χ3v) is 3.77. The first-order chi connectivity index (χ1) is 9.61. The summed E-state index contributed by atoms with van der Waals surface area (Å²) in [7, 11) is 0. The van der Waals surface area contributed by atoms with E-state index in [1.165, 1.54) is 0 Å². The molecule has 1 aromatic heterocycles. The maximum absolute atomic E-state index is 11.6. The van der Waals surface area contributed by atoms with Crippen molar-refractivity contribution in [2.24, 2.45) is 0 Å². The molecule has 0 radical (unpaired) electrons. The molecule has 0 atom stereocenters. The van der Waals surface area contributed by atoms with E-state index in [0.29, 0.717) is 12.6 Å². The van der Waals surface area contributed by atoms with Gasteiger partial charge in [-0.2, -0.15) is 0 Å². The van der Waals surface area contributed by atoms with Crippen LogP contribution in [0.15, 0.2) is 4.52 Å². The van der Waals surface area contributed by atoms with Crippen molar-refractivity contribution >= 4 is 6.09 Å². The van der Waals surface area contributed by atoms with Crippen molar-refractivity contribution in [1.29, 1.82) is 0 Å². The number of nitrogens with one attached hydrogen (secondary N) is 1. The van der Waals surface area contributed by atoms with Crippen molar-refractivity contribution in [3.8, 4) is 0 Å². The van der Waals surface area contributed by atoms with Gasteiger partial charge in [0.15, 0.2) is 0 Å². The van der Waals surface area contributed by atoms with Crippen molar-refractivity contribution in [3.63, 3.8) is 0 Å². The molecule has 6 nitrogen and oxygen atoms in total. The molecule has 20 heavy (non-hydrogen) atoms. The molecule has 6 heteroatoms. The zero-order chi connectivity index (χ0) is 14.5. The van der Waals surface area contributed by atoms with Crippen molar-refractivity contribution in [2.45, 2.75) is 46.2 Å². The van der Waals surface area contributed by atoms with Gasteiger partial charge in [0.1, 0.15) is 5.76 Å². The molecule has 2 heterocycles. The van der Waals surface area contributed by atoms with Crippen LogP contribution in [0, 0.1) is 13.8 Å². The zero-order valence-electron chi connectivity index (χ0n) is 12.4. The van der Waals surface area contributed by atoms with Gasteiger partial charge in [0, 0.05) is 31.2 Å². The number of likely N-dealkylation sites (tertiary alicyclic amines) is 1. The summed E-state index contributed by atoms with van der Waals surface area (Å²) in [4.78, 5) is 13.4. The minimum absolute atomic E-state index is 0.198. The first-order valence-corrected chi connectivity index (χ1v) is 7.18. The van der Waals surface area contributed by atoms with E-state index in [2.05, 4.69) is 10.5 Å². The summed E-state index contributed by atoms with van der Waals surface area (Å²) in [6.45, 7) is 8.41. The van der Waals surface area contributed by atoms with Gasteiger partial charge < -0.3 is 19.5 Å². The lowest BCUT2D eigenvalue weighted by Crippen LogP contribution is -2.45. The lowest BCUT2D eigenvalue weighted by Gasteiger charge is -2.31. The number of carbonyl (C=O) groups excluding carboxylic acids is 1. The summed E-state index contributed by atoms with van der Waals surface area (Å²) < 4.78 is 10.2. The molecule has 0 aliphatic carbocycles. The molecule has 0 unspecified atom stereocenters. The number of amides is 1. The van der Waals surface area contributed by atoms with Gasteiger partial charge >= 0.3 is 6.09 Å².